The molecule has 4 aromatic heterocycles. The van der Waals surface area contributed by atoms with Crippen LogP contribution in [0, 0.1) is 24.8 Å². The van der Waals surface area contributed by atoms with E-state index in [2.05, 4.69) is 260 Å². The Morgan fingerprint density at radius 1 is 0.431 bits per heavy atom. The predicted octanol–water partition coefficient (Wildman–Crippen LogP) is 13.0. The molecule has 0 spiro atoms. The summed E-state index contributed by atoms with van der Waals surface area (Å²) in [5.74, 6) is 0. The normalized spacial score (nSPS) is 10.8. The first-order valence-corrected chi connectivity index (χ1v) is 23.5. The van der Waals surface area contributed by atoms with Crippen LogP contribution in [-0.2, 0) is 34.2 Å². The Balaban J connectivity index is 0.000000136. The first-order chi connectivity index (χ1) is 35.1. The van der Waals surface area contributed by atoms with Crippen LogP contribution < -0.4 is 14.2 Å². The van der Waals surface area contributed by atoms with Gasteiger partial charge in [-0.3, -0.25) is 4.98 Å². The van der Waals surface area contributed by atoms with E-state index in [1.165, 1.54) is 21.7 Å². The smallest absolute Gasteiger partial charge is 0.242 e. The van der Waals surface area contributed by atoms with Gasteiger partial charge in [0.05, 0.1) is 36.9 Å². The van der Waals surface area contributed by atoms with Crippen LogP contribution in [0.1, 0.15) is 0 Å². The topological polar surface area (TPSA) is 57.5 Å². The summed E-state index contributed by atoms with van der Waals surface area (Å²) in [6.45, 7) is 0. The van der Waals surface area contributed by atoms with E-state index >= 15 is 0 Å². The third kappa shape index (κ3) is 9.45. The molecule has 0 unspecified atom stereocenters. The minimum atomic E-state index is 0. The number of rotatable bonds is 7. The maximum atomic E-state index is 4.12. The van der Waals surface area contributed by atoms with Gasteiger partial charge in [-0.15, -0.1) is 51.9 Å². The molecule has 0 saturated carbocycles. The summed E-state index contributed by atoms with van der Waals surface area (Å²) in [6, 6.07) is 86.3. The number of pyridine rings is 1. The summed E-state index contributed by atoms with van der Waals surface area (Å²) in [5, 5.41) is 14.6. The van der Waals surface area contributed by atoms with Crippen molar-refractivity contribution in [3.63, 3.8) is 0 Å². The SMILES string of the molecule is C[n+]1[c-]n(-c2[c-]c3ccccc3c3ccccc23)c(-c2ccccc2)c1-c1ccccc1.C[n+]1[c-]n(-c2[c-]ccc3ccccc23)c(-c2ccccc2)c1-c1ccccc1.[Ir].c1ccc(-c2ccn[n-]2)nc1. The minimum absolute atomic E-state index is 0. The van der Waals surface area contributed by atoms with Crippen LogP contribution in [0.5, 0.6) is 0 Å². The van der Waals surface area contributed by atoms with E-state index in [0.717, 1.165) is 78.4 Å². The summed E-state index contributed by atoms with van der Waals surface area (Å²) in [4.78, 5) is 4.12. The Morgan fingerprint density at radius 2 is 0.917 bits per heavy atom. The average molecular weight is 1110 g/mol. The molecule has 8 heteroatoms. The quantitative estimate of drug-likeness (QED) is 0.0908. The van der Waals surface area contributed by atoms with Gasteiger partial charge in [-0.2, -0.15) is 18.2 Å². The van der Waals surface area contributed by atoms with E-state index in [0.29, 0.717) is 0 Å². The zero-order valence-electron chi connectivity index (χ0n) is 39.6. The van der Waals surface area contributed by atoms with Crippen LogP contribution in [0.2, 0.25) is 0 Å². The molecule has 0 aliphatic carbocycles. The van der Waals surface area contributed by atoms with Crippen LogP contribution in [0.4, 0.5) is 0 Å². The Hall–Kier alpha value is -8.81. The van der Waals surface area contributed by atoms with Crippen molar-refractivity contribution in [3.8, 4) is 67.8 Å². The maximum Gasteiger partial charge on any atom is 0.242 e. The van der Waals surface area contributed by atoms with Crippen molar-refractivity contribution >= 4 is 32.3 Å². The molecule has 0 amide bonds. The van der Waals surface area contributed by atoms with Gasteiger partial charge in [0, 0.05) is 38.2 Å². The van der Waals surface area contributed by atoms with E-state index in [1.807, 2.05) is 42.5 Å². The molecule has 0 atom stereocenters. The molecule has 0 fully saturated rings. The molecule has 1 radical (unpaired) electrons. The van der Waals surface area contributed by atoms with Crippen LogP contribution >= 0.6 is 0 Å². The van der Waals surface area contributed by atoms with Crippen molar-refractivity contribution in [1.29, 1.82) is 0 Å². The van der Waals surface area contributed by atoms with Crippen LogP contribution in [-0.4, -0.2) is 19.2 Å². The Labute approximate surface area is 433 Å². The molecule has 0 aliphatic rings. The van der Waals surface area contributed by atoms with Gasteiger partial charge in [-0.25, -0.2) is 0 Å². The first kappa shape index (κ1) is 46.9. The second-order valence-electron chi connectivity index (χ2n) is 17.0. The fraction of sp³-hybridized carbons (Fsp3) is 0.0312. The molecule has 0 saturated heterocycles. The second-order valence-corrected chi connectivity index (χ2v) is 17.0. The largest absolute Gasteiger partial charge is 0.574 e. The molecular formula is C64H46IrN7-3. The molecular weight excluding hydrogens is 1060 g/mol. The number of aromatic nitrogens is 7. The molecule has 0 aliphatic heterocycles. The third-order valence-electron chi connectivity index (χ3n) is 12.4. The van der Waals surface area contributed by atoms with Gasteiger partial charge in [0.1, 0.15) is 0 Å². The second kappa shape index (κ2) is 21.4. The zero-order chi connectivity index (χ0) is 47.9. The van der Waals surface area contributed by atoms with E-state index in [4.69, 9.17) is 0 Å². The maximum absolute atomic E-state index is 4.12. The zero-order valence-corrected chi connectivity index (χ0v) is 42.0. The summed E-state index contributed by atoms with van der Waals surface area (Å²) >= 11 is 0. The molecule has 0 bridgehead atoms. The van der Waals surface area contributed by atoms with Gasteiger partial charge >= 0.3 is 0 Å². The van der Waals surface area contributed by atoms with Crippen LogP contribution in [0.25, 0.3) is 100 Å². The van der Waals surface area contributed by atoms with E-state index in [1.54, 1.807) is 12.4 Å². The number of benzene rings is 9. The van der Waals surface area contributed by atoms with E-state index in [9.17, 15) is 0 Å². The van der Waals surface area contributed by atoms with E-state index in [-0.39, 0.29) is 20.1 Å². The van der Waals surface area contributed by atoms with Crippen LogP contribution in [0.3, 0.4) is 0 Å². The van der Waals surface area contributed by atoms with Crippen molar-refractivity contribution in [3.05, 3.63) is 268 Å². The number of hydrogen-bond acceptors (Lipinski definition) is 2. The monoisotopic (exact) mass is 1110 g/mol. The van der Waals surface area contributed by atoms with Gasteiger partial charge < -0.3 is 28.5 Å². The van der Waals surface area contributed by atoms with Crippen molar-refractivity contribution < 1.29 is 29.2 Å². The summed E-state index contributed by atoms with van der Waals surface area (Å²) in [7, 11) is 4.12. The Morgan fingerprint density at radius 3 is 1.47 bits per heavy atom. The molecule has 72 heavy (non-hydrogen) atoms. The van der Waals surface area contributed by atoms with Crippen molar-refractivity contribution in [2.45, 2.75) is 0 Å². The van der Waals surface area contributed by atoms with Gasteiger partial charge in [0.15, 0.2) is 0 Å². The molecule has 9 aromatic carbocycles. The fourth-order valence-corrected chi connectivity index (χ4v) is 9.27. The van der Waals surface area contributed by atoms with Gasteiger partial charge in [-0.1, -0.05) is 204 Å². The van der Waals surface area contributed by atoms with E-state index < -0.39 is 0 Å². The molecule has 13 aromatic rings. The molecule has 13 rings (SSSR count). The summed E-state index contributed by atoms with van der Waals surface area (Å²) < 4.78 is 8.48. The minimum Gasteiger partial charge on any atom is -0.574 e. The molecule has 349 valence electrons. The summed E-state index contributed by atoms with van der Waals surface area (Å²) in [6.07, 6.45) is 10.5. The molecule has 4 heterocycles. The van der Waals surface area contributed by atoms with Crippen molar-refractivity contribution in [1.82, 2.24) is 24.3 Å². The molecule has 7 nitrogen and oxygen atoms in total. The van der Waals surface area contributed by atoms with Gasteiger partial charge in [0.25, 0.3) is 0 Å². The standard InChI is InChI=1S/C30H21N2.C26H19N2.C8H6N3.Ir/c1-31-21-32(28-20-24-16-8-9-17-25(24)26-18-10-11-19-27(26)28)30(23-14-6-3-7-15-23)29(31)22-12-4-2-5-13-22;1-27-19-28(24-18-10-16-20-11-8-9-17-23(20)24)26(22-14-6-3-7-15-22)25(27)21-12-4-2-5-13-21;1-2-5-9-7(3-1)8-4-6-10-11-8;/h2-19H,1H3;2-17H,1H3;1-6H;/q3*-1;. The predicted molar refractivity (Wildman–Crippen MR) is 284 cm³/mol. The number of nitrogens with zero attached hydrogens (tertiary/aromatic N) is 7. The molecule has 0 N–H and O–H groups in total. The van der Waals surface area contributed by atoms with Crippen molar-refractivity contribution in [2.24, 2.45) is 14.1 Å². The number of aryl methyl sites for hydroxylation is 2. The average Bonchev–Trinajstić information content (AvgIpc) is 4.20. The summed E-state index contributed by atoms with van der Waals surface area (Å²) in [5.41, 5.74) is 12.8. The van der Waals surface area contributed by atoms with Crippen LogP contribution in [0.15, 0.2) is 243 Å². The fourth-order valence-electron chi connectivity index (χ4n) is 9.27. The van der Waals surface area contributed by atoms with Crippen molar-refractivity contribution in [2.75, 3.05) is 0 Å². The third-order valence-corrected chi connectivity index (χ3v) is 12.4. The Bertz CT molecular complexity index is 3870. The number of imidazole rings is 2. The number of fused-ring (bicyclic) bond motifs is 4. The first-order valence-electron chi connectivity index (χ1n) is 23.5. The Kier molecular flexibility index (Phi) is 14.0. The number of hydrogen-bond donors (Lipinski definition) is 0. The van der Waals surface area contributed by atoms with Gasteiger partial charge in [0.2, 0.25) is 12.7 Å². The van der Waals surface area contributed by atoms with Gasteiger partial charge in [-0.05, 0) is 40.1 Å².